The summed E-state index contributed by atoms with van der Waals surface area (Å²) in [6, 6.07) is -1.38. The van der Waals surface area contributed by atoms with E-state index >= 15 is 0 Å². The molecule has 0 rings (SSSR count). The fourth-order valence-corrected chi connectivity index (χ4v) is 1.18. The Balaban J connectivity index is 0. The van der Waals surface area contributed by atoms with Gasteiger partial charge in [-0.05, 0) is 25.8 Å². The largest absolute Gasteiger partial charge is 0.480 e. The zero-order valence-corrected chi connectivity index (χ0v) is 11.5. The first kappa shape index (κ1) is 20.1. The van der Waals surface area contributed by atoms with Crippen LogP contribution in [0.25, 0.3) is 0 Å². The van der Waals surface area contributed by atoms with Crippen molar-refractivity contribution >= 4 is 11.9 Å². The van der Waals surface area contributed by atoms with Crippen LogP contribution in [0.2, 0.25) is 0 Å². The Kier molecular flexibility index (Phi) is 14.1. The van der Waals surface area contributed by atoms with E-state index < -0.39 is 24.0 Å². The van der Waals surface area contributed by atoms with Gasteiger partial charge in [0.05, 0.1) is 0 Å². The lowest BCUT2D eigenvalue weighted by molar-refractivity contribution is -0.139. The Bertz CT molecular complexity index is 249. The van der Waals surface area contributed by atoms with E-state index in [1.807, 2.05) is 6.92 Å². The van der Waals surface area contributed by atoms with Crippen molar-refractivity contribution in [2.24, 2.45) is 17.2 Å². The Labute approximate surface area is 114 Å². The van der Waals surface area contributed by atoms with Gasteiger partial charge < -0.3 is 27.4 Å². The summed E-state index contributed by atoms with van der Waals surface area (Å²) in [5, 5.41) is 16.6. The van der Waals surface area contributed by atoms with Crippen molar-refractivity contribution in [3.8, 4) is 0 Å². The van der Waals surface area contributed by atoms with Crippen molar-refractivity contribution in [1.29, 1.82) is 0 Å². The van der Waals surface area contributed by atoms with Gasteiger partial charge in [-0.2, -0.15) is 0 Å². The Morgan fingerprint density at radius 3 is 1.68 bits per heavy atom. The van der Waals surface area contributed by atoms with Crippen molar-refractivity contribution in [1.82, 2.24) is 0 Å². The number of aliphatic carboxylic acids is 2. The maximum atomic E-state index is 10.1. The molecule has 0 aromatic rings. The van der Waals surface area contributed by atoms with Gasteiger partial charge in [-0.15, -0.1) is 0 Å². The molecule has 0 aliphatic carbocycles. The molecule has 0 aliphatic heterocycles. The van der Waals surface area contributed by atoms with Crippen LogP contribution >= 0.6 is 0 Å². The van der Waals surface area contributed by atoms with Gasteiger partial charge in [-0.25, -0.2) is 0 Å². The summed E-state index contributed by atoms with van der Waals surface area (Å²) in [6.07, 6.45) is 4.65. The maximum absolute atomic E-state index is 10.1. The number of carboxylic acids is 2. The van der Waals surface area contributed by atoms with Crippen molar-refractivity contribution in [3.63, 3.8) is 0 Å². The fourth-order valence-electron chi connectivity index (χ4n) is 1.18. The lowest BCUT2D eigenvalue weighted by Gasteiger charge is -2.03. The monoisotopic (exact) mass is 277 g/mol. The average molecular weight is 277 g/mol. The molecule has 0 fully saturated rings. The van der Waals surface area contributed by atoms with E-state index in [9.17, 15) is 9.59 Å². The maximum Gasteiger partial charge on any atom is 0.320 e. The van der Waals surface area contributed by atoms with Crippen molar-refractivity contribution < 1.29 is 19.8 Å². The van der Waals surface area contributed by atoms with Gasteiger partial charge >= 0.3 is 11.9 Å². The lowest BCUT2D eigenvalue weighted by Crippen LogP contribution is -2.29. The van der Waals surface area contributed by atoms with E-state index in [4.69, 9.17) is 27.4 Å². The van der Waals surface area contributed by atoms with Crippen LogP contribution in [-0.4, -0.2) is 40.8 Å². The highest BCUT2D eigenvalue weighted by molar-refractivity contribution is 5.73. The number of nitrogens with two attached hydrogens (primary N) is 3. The predicted octanol–water partition coefficient (Wildman–Crippen LogP) is 0.116. The van der Waals surface area contributed by atoms with Crippen LogP contribution in [0.4, 0.5) is 0 Å². The van der Waals surface area contributed by atoms with Crippen LogP contribution in [0.5, 0.6) is 0 Å². The molecule has 0 amide bonds. The van der Waals surface area contributed by atoms with E-state index in [2.05, 4.69) is 0 Å². The van der Waals surface area contributed by atoms with Crippen LogP contribution in [0, 0.1) is 0 Å². The average Bonchev–Trinajstić information content (AvgIpc) is 2.36. The molecule has 7 heteroatoms. The third kappa shape index (κ3) is 14.8. The van der Waals surface area contributed by atoms with Gasteiger partial charge in [0.25, 0.3) is 0 Å². The molecule has 0 aromatic heterocycles. The lowest BCUT2D eigenvalue weighted by atomic mass is 10.1. The Morgan fingerprint density at radius 1 is 0.947 bits per heavy atom. The molecule has 0 saturated carbocycles. The topological polar surface area (TPSA) is 153 Å². The number of unbranched alkanes of at least 4 members (excludes halogenated alkanes) is 2. The second-order valence-electron chi connectivity index (χ2n) is 4.32. The van der Waals surface area contributed by atoms with E-state index in [0.717, 1.165) is 25.7 Å². The Morgan fingerprint density at radius 2 is 1.37 bits per heavy atom. The highest BCUT2D eigenvalue weighted by Crippen LogP contribution is 1.97. The van der Waals surface area contributed by atoms with Gasteiger partial charge in [0.1, 0.15) is 12.1 Å². The molecule has 0 aliphatic rings. The molecular formula is C12H27N3O4. The summed E-state index contributed by atoms with van der Waals surface area (Å²) >= 11 is 0. The summed E-state index contributed by atoms with van der Waals surface area (Å²) in [5.41, 5.74) is 15.6. The van der Waals surface area contributed by atoms with Crippen molar-refractivity contribution in [2.45, 2.75) is 57.5 Å². The smallest absolute Gasteiger partial charge is 0.320 e. The summed E-state index contributed by atoms with van der Waals surface area (Å²) in [4.78, 5) is 20.2. The number of carbonyl (C=O) groups is 2. The fraction of sp³-hybridized carbons (Fsp3) is 0.833. The zero-order chi connectivity index (χ0) is 15.3. The summed E-state index contributed by atoms with van der Waals surface area (Å²) < 4.78 is 0. The molecule has 0 spiro atoms. The molecule has 8 N–H and O–H groups in total. The number of carboxylic acid groups (broad SMARTS) is 2. The summed E-state index contributed by atoms with van der Waals surface area (Å²) in [6.45, 7) is 2.61. The van der Waals surface area contributed by atoms with Gasteiger partial charge in [0, 0.05) is 0 Å². The van der Waals surface area contributed by atoms with E-state index in [0.29, 0.717) is 19.4 Å². The molecule has 0 radical (unpaired) electrons. The standard InChI is InChI=1S/C6H14N2O2.C6H13NO2/c7-4-2-1-3-5(8)6(9)10;1-2-3-4-5(7)6(8)9/h5H,1-4,7-8H2,(H,9,10);5H,2-4,7H2,1H3,(H,8,9)/t2*5-/m00/s1. The van der Waals surface area contributed by atoms with Gasteiger partial charge in [-0.1, -0.05) is 26.2 Å². The summed E-state index contributed by atoms with van der Waals surface area (Å²) in [5.74, 6) is -1.83. The van der Waals surface area contributed by atoms with Crippen LogP contribution in [0.3, 0.4) is 0 Å². The minimum absolute atomic E-state index is 0.520. The minimum atomic E-state index is -0.933. The molecule has 0 saturated heterocycles. The second-order valence-corrected chi connectivity index (χ2v) is 4.32. The molecule has 2 atom stereocenters. The van der Waals surface area contributed by atoms with Crippen LogP contribution in [0.15, 0.2) is 0 Å². The number of rotatable bonds is 9. The van der Waals surface area contributed by atoms with E-state index in [-0.39, 0.29) is 0 Å². The Hall–Kier alpha value is -1.18. The SMILES string of the molecule is CCCC[C@H](N)C(=O)O.NCCCC[C@H](N)C(=O)O. The van der Waals surface area contributed by atoms with Gasteiger partial charge in [-0.3, -0.25) is 9.59 Å². The normalized spacial score (nSPS) is 13.1. The first-order valence-corrected chi connectivity index (χ1v) is 6.53. The van der Waals surface area contributed by atoms with Crippen molar-refractivity contribution in [3.05, 3.63) is 0 Å². The molecule has 0 aromatic carbocycles. The third-order valence-electron chi connectivity index (χ3n) is 2.47. The molecule has 0 heterocycles. The highest BCUT2D eigenvalue weighted by atomic mass is 16.4. The number of hydrogen-bond acceptors (Lipinski definition) is 5. The molecule has 7 nitrogen and oxygen atoms in total. The van der Waals surface area contributed by atoms with Gasteiger partial charge in [0.15, 0.2) is 0 Å². The molecular weight excluding hydrogens is 250 g/mol. The van der Waals surface area contributed by atoms with E-state index in [1.54, 1.807) is 0 Å². The first-order valence-electron chi connectivity index (χ1n) is 6.53. The van der Waals surface area contributed by atoms with Crippen LogP contribution in [-0.2, 0) is 9.59 Å². The summed E-state index contributed by atoms with van der Waals surface area (Å²) in [7, 11) is 0. The van der Waals surface area contributed by atoms with Crippen LogP contribution < -0.4 is 17.2 Å². The van der Waals surface area contributed by atoms with Gasteiger partial charge in [0.2, 0.25) is 0 Å². The first-order chi connectivity index (χ1) is 8.86. The highest BCUT2D eigenvalue weighted by Gasteiger charge is 2.09. The minimum Gasteiger partial charge on any atom is -0.480 e. The number of hydrogen-bond donors (Lipinski definition) is 5. The molecule has 0 bridgehead atoms. The zero-order valence-electron chi connectivity index (χ0n) is 11.5. The molecule has 114 valence electrons. The molecule has 19 heavy (non-hydrogen) atoms. The molecule has 0 unspecified atom stereocenters. The van der Waals surface area contributed by atoms with Crippen LogP contribution in [0.1, 0.15) is 45.4 Å². The second kappa shape index (κ2) is 13.3. The van der Waals surface area contributed by atoms with Crippen molar-refractivity contribution in [2.75, 3.05) is 6.54 Å². The van der Waals surface area contributed by atoms with E-state index in [1.165, 1.54) is 0 Å². The quantitative estimate of drug-likeness (QED) is 0.375. The third-order valence-corrected chi connectivity index (χ3v) is 2.47. The predicted molar refractivity (Wildman–Crippen MR) is 73.7 cm³/mol.